The number of carbonyl (C=O) groups is 2. The van der Waals surface area contributed by atoms with Gasteiger partial charge < -0.3 is 9.47 Å². The number of hydrogen-bond donors (Lipinski definition) is 0. The SMILES string of the molecule is COC(=O)c1ccc2c(=O)n(C[C@H]3CCCO3)c(S[C@@H]3CCCCC3=O)nc2c1. The van der Waals surface area contributed by atoms with Gasteiger partial charge in [-0.1, -0.05) is 18.2 Å². The summed E-state index contributed by atoms with van der Waals surface area (Å²) in [5, 5.41) is 0.767. The van der Waals surface area contributed by atoms with Gasteiger partial charge in [-0.2, -0.15) is 0 Å². The Morgan fingerprint density at radius 1 is 1.28 bits per heavy atom. The van der Waals surface area contributed by atoms with Crippen molar-refractivity contribution in [3.8, 4) is 0 Å². The van der Waals surface area contributed by atoms with Crippen LogP contribution in [-0.4, -0.2) is 46.4 Å². The van der Waals surface area contributed by atoms with E-state index in [0.29, 0.717) is 41.2 Å². The van der Waals surface area contributed by atoms with E-state index in [9.17, 15) is 14.4 Å². The fourth-order valence-electron chi connectivity index (χ4n) is 3.89. The molecule has 2 aromatic rings. The monoisotopic (exact) mass is 416 g/mol. The van der Waals surface area contributed by atoms with E-state index in [4.69, 9.17) is 14.5 Å². The molecular formula is C21H24N2O5S. The van der Waals surface area contributed by atoms with Gasteiger partial charge in [-0.25, -0.2) is 9.78 Å². The Labute approximate surface area is 172 Å². The van der Waals surface area contributed by atoms with E-state index in [0.717, 1.165) is 32.1 Å². The van der Waals surface area contributed by atoms with E-state index in [1.54, 1.807) is 22.8 Å². The Bertz CT molecular complexity index is 996. The zero-order chi connectivity index (χ0) is 20.4. The third kappa shape index (κ3) is 4.23. The topological polar surface area (TPSA) is 87.5 Å². The molecule has 7 nitrogen and oxygen atoms in total. The molecule has 0 unspecified atom stereocenters. The maximum absolute atomic E-state index is 13.3. The first-order valence-corrected chi connectivity index (χ1v) is 10.9. The molecule has 1 aliphatic carbocycles. The van der Waals surface area contributed by atoms with Crippen LogP contribution in [0.1, 0.15) is 48.9 Å². The van der Waals surface area contributed by atoms with Gasteiger partial charge in [-0.05, 0) is 43.9 Å². The minimum absolute atomic E-state index is 0.0253. The van der Waals surface area contributed by atoms with Crippen LogP contribution in [0.3, 0.4) is 0 Å². The molecule has 0 amide bonds. The fraction of sp³-hybridized carbons (Fsp3) is 0.524. The lowest BCUT2D eigenvalue weighted by Crippen LogP contribution is -2.30. The van der Waals surface area contributed by atoms with Crippen LogP contribution in [0.2, 0.25) is 0 Å². The molecule has 154 valence electrons. The summed E-state index contributed by atoms with van der Waals surface area (Å²) in [7, 11) is 1.31. The fourth-order valence-corrected chi connectivity index (χ4v) is 5.12. The zero-order valence-electron chi connectivity index (χ0n) is 16.4. The van der Waals surface area contributed by atoms with Gasteiger partial charge in [0, 0.05) is 13.0 Å². The van der Waals surface area contributed by atoms with Crippen molar-refractivity contribution in [3.63, 3.8) is 0 Å². The third-order valence-electron chi connectivity index (χ3n) is 5.50. The van der Waals surface area contributed by atoms with Crippen molar-refractivity contribution in [1.82, 2.24) is 9.55 Å². The number of aromatic nitrogens is 2. The lowest BCUT2D eigenvalue weighted by molar-refractivity contribution is -0.119. The minimum Gasteiger partial charge on any atom is -0.465 e. The predicted molar refractivity (Wildman–Crippen MR) is 109 cm³/mol. The van der Waals surface area contributed by atoms with Gasteiger partial charge >= 0.3 is 5.97 Å². The number of ketones is 1. The normalized spacial score (nSPS) is 22.2. The van der Waals surface area contributed by atoms with Gasteiger partial charge in [-0.15, -0.1) is 0 Å². The van der Waals surface area contributed by atoms with Crippen LogP contribution in [0.25, 0.3) is 10.9 Å². The molecule has 0 radical (unpaired) electrons. The van der Waals surface area contributed by atoms with E-state index in [1.165, 1.54) is 18.9 Å². The quantitative estimate of drug-likeness (QED) is 0.547. The summed E-state index contributed by atoms with van der Waals surface area (Å²) in [5.41, 5.74) is 0.605. The van der Waals surface area contributed by atoms with Crippen molar-refractivity contribution >= 4 is 34.4 Å². The standard InChI is InChI=1S/C21H24N2O5S/c1-27-20(26)13-8-9-15-16(11-13)22-21(29-18-7-3-2-6-17(18)24)23(19(15)25)12-14-5-4-10-28-14/h8-9,11,14,18H,2-7,10,12H2,1H3/t14-,18-/m1/s1. The molecule has 1 aliphatic heterocycles. The molecular weight excluding hydrogens is 392 g/mol. The van der Waals surface area contributed by atoms with Crippen molar-refractivity contribution in [2.75, 3.05) is 13.7 Å². The molecule has 1 saturated heterocycles. The summed E-state index contributed by atoms with van der Waals surface area (Å²) >= 11 is 1.36. The Balaban J connectivity index is 1.78. The molecule has 1 aromatic heterocycles. The second kappa shape index (κ2) is 8.67. The number of methoxy groups -OCH3 is 1. The molecule has 2 aliphatic rings. The lowest BCUT2D eigenvalue weighted by Gasteiger charge is -2.22. The van der Waals surface area contributed by atoms with E-state index < -0.39 is 5.97 Å². The largest absolute Gasteiger partial charge is 0.465 e. The molecule has 29 heavy (non-hydrogen) atoms. The smallest absolute Gasteiger partial charge is 0.337 e. The van der Waals surface area contributed by atoms with E-state index in [2.05, 4.69) is 0 Å². The number of esters is 1. The van der Waals surface area contributed by atoms with Crippen molar-refractivity contribution in [3.05, 3.63) is 34.1 Å². The Hall–Kier alpha value is -2.19. The van der Waals surface area contributed by atoms with Crippen molar-refractivity contribution in [1.29, 1.82) is 0 Å². The summed E-state index contributed by atoms with van der Waals surface area (Å²) in [4.78, 5) is 42.2. The number of fused-ring (bicyclic) bond motifs is 1. The number of Topliss-reactive ketones (excluding diaryl/α,β-unsaturated/α-hetero) is 1. The maximum Gasteiger partial charge on any atom is 0.337 e. The third-order valence-corrected chi connectivity index (χ3v) is 6.80. The van der Waals surface area contributed by atoms with Crippen LogP contribution < -0.4 is 5.56 Å². The highest BCUT2D eigenvalue weighted by Crippen LogP contribution is 2.31. The first-order chi connectivity index (χ1) is 14.1. The lowest BCUT2D eigenvalue weighted by atomic mass is 9.99. The van der Waals surface area contributed by atoms with Crippen LogP contribution in [0.15, 0.2) is 28.2 Å². The molecule has 0 spiro atoms. The predicted octanol–water partition coefficient (Wildman–Crippen LogP) is 2.97. The average Bonchev–Trinajstić information content (AvgIpc) is 3.25. The van der Waals surface area contributed by atoms with Crippen molar-refractivity contribution in [2.24, 2.45) is 0 Å². The minimum atomic E-state index is -0.478. The van der Waals surface area contributed by atoms with Gasteiger partial charge in [0.25, 0.3) is 5.56 Å². The summed E-state index contributed by atoms with van der Waals surface area (Å²) in [5.74, 6) is -0.267. The Morgan fingerprint density at radius 2 is 2.14 bits per heavy atom. The van der Waals surface area contributed by atoms with Gasteiger partial charge in [0.2, 0.25) is 0 Å². The molecule has 1 saturated carbocycles. The number of benzene rings is 1. The highest BCUT2D eigenvalue weighted by molar-refractivity contribution is 8.00. The second-order valence-corrected chi connectivity index (χ2v) is 8.66. The molecule has 2 atom stereocenters. The maximum atomic E-state index is 13.3. The molecule has 2 fully saturated rings. The van der Waals surface area contributed by atoms with Gasteiger partial charge in [-0.3, -0.25) is 14.2 Å². The van der Waals surface area contributed by atoms with Crippen molar-refractivity contribution in [2.45, 2.75) is 61.6 Å². The van der Waals surface area contributed by atoms with Crippen LogP contribution in [0.4, 0.5) is 0 Å². The van der Waals surface area contributed by atoms with E-state index >= 15 is 0 Å². The first kappa shape index (κ1) is 20.1. The number of carbonyl (C=O) groups excluding carboxylic acids is 2. The highest BCUT2D eigenvalue weighted by atomic mass is 32.2. The van der Waals surface area contributed by atoms with Gasteiger partial charge in [0.1, 0.15) is 5.78 Å². The molecule has 0 N–H and O–H groups in total. The summed E-state index contributed by atoms with van der Waals surface area (Å²) in [6.45, 7) is 1.12. The number of nitrogens with zero attached hydrogens (tertiary/aromatic N) is 2. The van der Waals surface area contributed by atoms with Crippen LogP contribution >= 0.6 is 11.8 Å². The zero-order valence-corrected chi connectivity index (χ0v) is 17.2. The number of ether oxygens (including phenoxy) is 2. The molecule has 8 heteroatoms. The van der Waals surface area contributed by atoms with Gasteiger partial charge in [0.15, 0.2) is 5.16 Å². The second-order valence-electron chi connectivity index (χ2n) is 7.49. The molecule has 1 aromatic carbocycles. The van der Waals surface area contributed by atoms with E-state index in [1.807, 2.05) is 0 Å². The number of hydrogen-bond acceptors (Lipinski definition) is 7. The summed E-state index contributed by atoms with van der Waals surface area (Å²) in [6, 6.07) is 4.76. The first-order valence-electron chi connectivity index (χ1n) is 10.0. The van der Waals surface area contributed by atoms with Crippen LogP contribution in [0, 0.1) is 0 Å². The summed E-state index contributed by atoms with van der Waals surface area (Å²) in [6.07, 6.45) is 5.15. The van der Waals surface area contributed by atoms with Crippen LogP contribution in [-0.2, 0) is 20.8 Å². The van der Waals surface area contributed by atoms with Gasteiger partial charge in [0.05, 0.1) is 41.5 Å². The highest BCUT2D eigenvalue weighted by Gasteiger charge is 2.27. The summed E-state index contributed by atoms with van der Waals surface area (Å²) < 4.78 is 12.1. The Kier molecular flexibility index (Phi) is 6.01. The average molecular weight is 416 g/mol. The molecule has 0 bridgehead atoms. The number of rotatable bonds is 5. The van der Waals surface area contributed by atoms with E-state index in [-0.39, 0.29) is 22.7 Å². The number of thioether (sulfide) groups is 1. The Morgan fingerprint density at radius 3 is 2.86 bits per heavy atom. The van der Waals surface area contributed by atoms with Crippen LogP contribution in [0.5, 0.6) is 0 Å². The molecule has 2 heterocycles. The molecule has 4 rings (SSSR count). The van der Waals surface area contributed by atoms with Crippen molar-refractivity contribution < 1.29 is 19.1 Å².